The van der Waals surface area contributed by atoms with Crippen LogP contribution in [0, 0.1) is 0 Å². The van der Waals surface area contributed by atoms with Gasteiger partial charge in [0.2, 0.25) is 11.8 Å². The molecule has 32 heavy (non-hydrogen) atoms. The van der Waals surface area contributed by atoms with E-state index in [0.717, 1.165) is 25.7 Å². The monoisotopic (exact) mass is 514 g/mol. The molecule has 1 fully saturated rings. The van der Waals surface area contributed by atoms with Crippen LogP contribution in [0.4, 0.5) is 0 Å². The van der Waals surface area contributed by atoms with Crippen molar-refractivity contribution in [3.05, 3.63) is 67.6 Å². The minimum absolute atomic E-state index is 0.0756. The Morgan fingerprint density at radius 3 is 2.25 bits per heavy atom. The summed E-state index contributed by atoms with van der Waals surface area (Å²) in [5.41, 5.74) is 1.33. The van der Waals surface area contributed by atoms with Crippen molar-refractivity contribution in [2.75, 3.05) is 0 Å². The first-order valence-corrected chi connectivity index (χ1v) is 12.3. The van der Waals surface area contributed by atoms with Crippen molar-refractivity contribution < 1.29 is 9.59 Å². The lowest BCUT2D eigenvalue weighted by molar-refractivity contribution is -0.141. The highest BCUT2D eigenvalue weighted by atomic mass is 35.5. The van der Waals surface area contributed by atoms with Crippen LogP contribution < -0.4 is 5.32 Å². The zero-order chi connectivity index (χ0) is 23.3. The Kier molecular flexibility index (Phi) is 9.13. The maximum Gasteiger partial charge on any atom is 0.243 e. The molecule has 172 valence electrons. The number of carbonyl (C=O) groups is 2. The highest BCUT2D eigenvalue weighted by Crippen LogP contribution is 2.28. The predicted molar refractivity (Wildman–Crippen MR) is 132 cm³/mol. The average Bonchev–Trinajstić information content (AvgIpc) is 3.25. The molecule has 0 heterocycles. The number of hydrogen-bond donors (Lipinski definition) is 1. The summed E-state index contributed by atoms with van der Waals surface area (Å²) in [6, 6.07) is 9.81. The second-order valence-corrected chi connectivity index (χ2v) is 9.69. The van der Waals surface area contributed by atoms with Gasteiger partial charge in [0.1, 0.15) is 6.04 Å². The number of nitrogens with zero attached hydrogens (tertiary/aromatic N) is 1. The van der Waals surface area contributed by atoms with Crippen molar-refractivity contribution in [3.63, 3.8) is 0 Å². The molecule has 1 aliphatic carbocycles. The number of nitrogens with one attached hydrogen (secondary N) is 1. The van der Waals surface area contributed by atoms with Crippen molar-refractivity contribution in [2.24, 2.45) is 0 Å². The number of carbonyl (C=O) groups excluding carboxylic acids is 2. The third-order valence-corrected chi connectivity index (χ3v) is 7.26. The fourth-order valence-electron chi connectivity index (χ4n) is 4.07. The van der Waals surface area contributed by atoms with E-state index in [1.54, 1.807) is 41.3 Å². The van der Waals surface area contributed by atoms with Crippen molar-refractivity contribution >= 4 is 58.2 Å². The van der Waals surface area contributed by atoms with Crippen LogP contribution >= 0.6 is 46.4 Å². The van der Waals surface area contributed by atoms with Crippen LogP contribution in [0.3, 0.4) is 0 Å². The van der Waals surface area contributed by atoms with Gasteiger partial charge in [-0.2, -0.15) is 0 Å². The Morgan fingerprint density at radius 1 is 1.00 bits per heavy atom. The van der Waals surface area contributed by atoms with Gasteiger partial charge in [-0.25, -0.2) is 0 Å². The van der Waals surface area contributed by atoms with E-state index in [2.05, 4.69) is 5.32 Å². The minimum atomic E-state index is -0.641. The summed E-state index contributed by atoms with van der Waals surface area (Å²) < 4.78 is 0. The molecular formula is C24H26Cl4N2O2. The van der Waals surface area contributed by atoms with Crippen LogP contribution in [0.15, 0.2) is 36.4 Å². The van der Waals surface area contributed by atoms with E-state index < -0.39 is 6.04 Å². The van der Waals surface area contributed by atoms with Gasteiger partial charge in [-0.15, -0.1) is 0 Å². The molecule has 3 rings (SSSR count). The fourth-order valence-corrected chi connectivity index (χ4v) is 4.90. The molecule has 0 saturated heterocycles. The second-order valence-electron chi connectivity index (χ2n) is 8.06. The van der Waals surface area contributed by atoms with E-state index in [0.29, 0.717) is 37.6 Å². The highest BCUT2D eigenvalue weighted by Gasteiger charge is 2.31. The van der Waals surface area contributed by atoms with Crippen LogP contribution in [0.2, 0.25) is 20.1 Å². The van der Waals surface area contributed by atoms with Crippen molar-refractivity contribution in [2.45, 2.75) is 64.1 Å². The summed E-state index contributed by atoms with van der Waals surface area (Å²) in [5, 5.41) is 4.83. The van der Waals surface area contributed by atoms with Gasteiger partial charge in [0, 0.05) is 28.2 Å². The maximum atomic E-state index is 13.5. The molecule has 0 spiro atoms. The molecule has 0 bridgehead atoms. The standard InChI is InChI=1S/C24H26Cl4N2O2/c1-2-22(24(32)29-16-6-3-4-7-16)30(14-17-18(25)8-5-9-19(17)26)23(31)13-15-10-11-20(27)21(28)12-15/h5,8-12,16,22H,2-4,6-7,13-14H2,1H3,(H,29,32)/t22-/m0/s1. The van der Waals surface area contributed by atoms with E-state index in [-0.39, 0.29) is 30.8 Å². The third-order valence-electron chi connectivity index (χ3n) is 5.82. The van der Waals surface area contributed by atoms with Gasteiger partial charge >= 0.3 is 0 Å². The Bertz CT molecular complexity index is 956. The Morgan fingerprint density at radius 2 is 1.66 bits per heavy atom. The molecule has 2 aromatic carbocycles. The fraction of sp³-hybridized carbons (Fsp3) is 0.417. The molecule has 1 saturated carbocycles. The predicted octanol–water partition coefficient (Wildman–Crippen LogP) is 6.71. The zero-order valence-electron chi connectivity index (χ0n) is 17.8. The lowest BCUT2D eigenvalue weighted by Crippen LogP contribution is -2.51. The van der Waals surface area contributed by atoms with E-state index in [4.69, 9.17) is 46.4 Å². The number of rotatable bonds is 8. The van der Waals surface area contributed by atoms with E-state index in [1.165, 1.54) is 0 Å². The molecule has 0 aliphatic heterocycles. The summed E-state index contributed by atoms with van der Waals surface area (Å²) in [5.74, 6) is -0.363. The molecule has 0 unspecified atom stereocenters. The normalized spacial score (nSPS) is 14.9. The molecule has 0 radical (unpaired) electrons. The minimum Gasteiger partial charge on any atom is -0.352 e. The molecule has 8 heteroatoms. The van der Waals surface area contributed by atoms with E-state index >= 15 is 0 Å². The molecule has 0 aromatic heterocycles. The molecule has 1 atom stereocenters. The number of halogens is 4. The van der Waals surface area contributed by atoms with Crippen LogP contribution in [-0.4, -0.2) is 28.8 Å². The Balaban J connectivity index is 1.88. The van der Waals surface area contributed by atoms with Gasteiger partial charge in [-0.05, 0) is 49.1 Å². The SMILES string of the molecule is CC[C@@H](C(=O)NC1CCCC1)N(Cc1c(Cl)cccc1Cl)C(=O)Cc1ccc(Cl)c(Cl)c1. The number of amides is 2. The first-order valence-electron chi connectivity index (χ1n) is 10.8. The molecule has 4 nitrogen and oxygen atoms in total. The van der Waals surface area contributed by atoms with Gasteiger partial charge in [0.05, 0.1) is 16.5 Å². The molecule has 2 amide bonds. The molecule has 1 aliphatic rings. The van der Waals surface area contributed by atoms with Crippen LogP contribution in [0.5, 0.6) is 0 Å². The molecular weight excluding hydrogens is 490 g/mol. The van der Waals surface area contributed by atoms with Crippen molar-refractivity contribution in [1.29, 1.82) is 0 Å². The average molecular weight is 516 g/mol. The number of hydrogen-bond acceptors (Lipinski definition) is 2. The van der Waals surface area contributed by atoms with Crippen LogP contribution in [0.25, 0.3) is 0 Å². The van der Waals surface area contributed by atoms with E-state index in [1.807, 2.05) is 6.92 Å². The van der Waals surface area contributed by atoms with Crippen LogP contribution in [-0.2, 0) is 22.6 Å². The van der Waals surface area contributed by atoms with Crippen LogP contribution in [0.1, 0.15) is 50.2 Å². The first-order chi connectivity index (χ1) is 15.3. The van der Waals surface area contributed by atoms with Crippen molar-refractivity contribution in [1.82, 2.24) is 10.2 Å². The summed E-state index contributed by atoms with van der Waals surface area (Å²) in [6.07, 6.45) is 4.69. The lowest BCUT2D eigenvalue weighted by atomic mass is 10.1. The highest BCUT2D eigenvalue weighted by molar-refractivity contribution is 6.42. The van der Waals surface area contributed by atoms with Gasteiger partial charge in [0.15, 0.2) is 0 Å². The quantitative estimate of drug-likeness (QED) is 0.424. The maximum absolute atomic E-state index is 13.5. The zero-order valence-corrected chi connectivity index (χ0v) is 20.9. The van der Waals surface area contributed by atoms with Gasteiger partial charge < -0.3 is 10.2 Å². The topological polar surface area (TPSA) is 49.4 Å². The van der Waals surface area contributed by atoms with E-state index in [9.17, 15) is 9.59 Å². The largest absolute Gasteiger partial charge is 0.352 e. The number of benzene rings is 2. The summed E-state index contributed by atoms with van der Waals surface area (Å²) >= 11 is 24.9. The summed E-state index contributed by atoms with van der Waals surface area (Å²) in [4.78, 5) is 28.2. The Hall–Kier alpha value is -1.46. The lowest BCUT2D eigenvalue weighted by Gasteiger charge is -2.32. The Labute approximate surface area is 209 Å². The summed E-state index contributed by atoms with van der Waals surface area (Å²) in [6.45, 7) is 2.03. The third kappa shape index (κ3) is 6.32. The molecule has 1 N–H and O–H groups in total. The smallest absolute Gasteiger partial charge is 0.243 e. The van der Waals surface area contributed by atoms with Crippen molar-refractivity contribution in [3.8, 4) is 0 Å². The first kappa shape index (κ1) is 25.2. The van der Waals surface area contributed by atoms with Gasteiger partial charge in [0.25, 0.3) is 0 Å². The molecule has 2 aromatic rings. The second kappa shape index (κ2) is 11.6. The summed E-state index contributed by atoms with van der Waals surface area (Å²) in [7, 11) is 0. The van der Waals surface area contributed by atoms with Gasteiger partial charge in [-0.3, -0.25) is 9.59 Å². The van der Waals surface area contributed by atoms with Gasteiger partial charge in [-0.1, -0.05) is 78.3 Å².